The number of methoxy groups -OCH3 is 1. The zero-order chi connectivity index (χ0) is 25.7. The van der Waals surface area contributed by atoms with Crippen LogP contribution in [-0.4, -0.2) is 54.0 Å². The fourth-order valence-corrected chi connectivity index (χ4v) is 4.09. The quantitative estimate of drug-likeness (QED) is 0.143. The minimum absolute atomic E-state index is 0.0185. The lowest BCUT2D eigenvalue weighted by Crippen LogP contribution is -2.31. The lowest BCUT2D eigenvalue weighted by molar-refractivity contribution is -0.140. The molecule has 35 heavy (non-hydrogen) atoms. The Hall–Kier alpha value is -3.65. The molecule has 8 heteroatoms. The number of amides is 1. The topological polar surface area (TPSA) is 102 Å². The van der Waals surface area contributed by atoms with Crippen LogP contribution in [0.1, 0.15) is 49.9 Å². The summed E-state index contributed by atoms with van der Waals surface area (Å²) in [6.45, 7) is 7.62. The van der Waals surface area contributed by atoms with Gasteiger partial charge in [-0.25, -0.2) is 0 Å². The van der Waals surface area contributed by atoms with Crippen LogP contribution in [0.3, 0.4) is 0 Å². The summed E-state index contributed by atoms with van der Waals surface area (Å²) in [5.41, 5.74) is 1.70. The van der Waals surface area contributed by atoms with E-state index in [1.165, 1.54) is 11.8 Å². The number of hydrogen-bond acceptors (Lipinski definition) is 7. The molecule has 8 nitrogen and oxygen atoms in total. The number of carbonyl (C=O) groups excluding carboxylic acids is 3. The van der Waals surface area contributed by atoms with Crippen LogP contribution >= 0.6 is 0 Å². The van der Waals surface area contributed by atoms with Crippen LogP contribution in [0.2, 0.25) is 0 Å². The Morgan fingerprint density at radius 2 is 1.89 bits per heavy atom. The number of aryl methyl sites for hydroxylation is 1. The number of benzene rings is 2. The molecule has 3 rings (SSSR count). The fraction of sp³-hybridized carbons (Fsp3) is 0.370. The third-order valence-corrected chi connectivity index (χ3v) is 5.53. The first-order valence-electron chi connectivity index (χ1n) is 11.5. The van der Waals surface area contributed by atoms with Crippen molar-refractivity contribution in [2.45, 2.75) is 46.3 Å². The van der Waals surface area contributed by atoms with Gasteiger partial charge in [0.25, 0.3) is 11.7 Å². The van der Waals surface area contributed by atoms with Crippen LogP contribution in [0, 0.1) is 6.92 Å². The van der Waals surface area contributed by atoms with E-state index in [0.717, 1.165) is 5.56 Å². The van der Waals surface area contributed by atoms with Gasteiger partial charge in [0.1, 0.15) is 17.3 Å². The first kappa shape index (κ1) is 26.0. The SMILES string of the molecule is COCCCN1C(=O)C(=O)/C(=C(/O)c2ccc(OC(C)C)c(C)c2)C1c1cccc(OC(C)=O)c1. The summed E-state index contributed by atoms with van der Waals surface area (Å²) in [5, 5.41) is 11.3. The monoisotopic (exact) mass is 481 g/mol. The van der Waals surface area contributed by atoms with E-state index in [1.54, 1.807) is 49.6 Å². The minimum atomic E-state index is -0.853. The summed E-state index contributed by atoms with van der Waals surface area (Å²) in [6.07, 6.45) is 0.486. The molecule has 1 atom stereocenters. The molecule has 2 aromatic carbocycles. The van der Waals surface area contributed by atoms with Gasteiger partial charge in [0, 0.05) is 32.7 Å². The second kappa shape index (κ2) is 11.2. The summed E-state index contributed by atoms with van der Waals surface area (Å²) in [6, 6.07) is 10.9. The predicted molar refractivity (Wildman–Crippen MR) is 130 cm³/mol. The van der Waals surface area contributed by atoms with E-state index in [0.29, 0.717) is 29.9 Å². The Morgan fingerprint density at radius 1 is 1.14 bits per heavy atom. The summed E-state index contributed by atoms with van der Waals surface area (Å²) < 4.78 is 16.1. The Labute approximate surface area is 205 Å². The Balaban J connectivity index is 2.12. The van der Waals surface area contributed by atoms with Gasteiger partial charge in [-0.2, -0.15) is 0 Å². The number of Topliss-reactive ketones (excluding diaryl/α,β-unsaturated/α-hetero) is 1. The summed E-state index contributed by atoms with van der Waals surface area (Å²) >= 11 is 0. The highest BCUT2D eigenvalue weighted by Gasteiger charge is 2.46. The molecule has 1 fully saturated rings. The standard InChI is InChI=1S/C27H31NO7/c1-16(2)34-22-11-10-20(14-17(22)3)25(30)23-24(19-8-6-9-21(15-19)35-18(4)29)28(12-7-13-33-5)27(32)26(23)31/h6,8-11,14-16,24,30H,7,12-13H2,1-5H3/b25-23+. The number of likely N-dealkylation sites (tertiary alicyclic amines) is 1. The molecule has 1 aliphatic rings. The van der Waals surface area contributed by atoms with Gasteiger partial charge in [0.15, 0.2) is 0 Å². The predicted octanol–water partition coefficient (Wildman–Crippen LogP) is 4.17. The number of rotatable bonds is 9. The maximum atomic E-state index is 13.2. The van der Waals surface area contributed by atoms with Gasteiger partial charge in [0.05, 0.1) is 17.7 Å². The van der Waals surface area contributed by atoms with Crippen LogP contribution < -0.4 is 9.47 Å². The van der Waals surface area contributed by atoms with E-state index in [2.05, 4.69) is 0 Å². The number of ether oxygens (including phenoxy) is 3. The van der Waals surface area contributed by atoms with Gasteiger partial charge in [-0.05, 0) is 68.7 Å². The number of aliphatic hydroxyl groups is 1. The molecule has 1 heterocycles. The van der Waals surface area contributed by atoms with Gasteiger partial charge in [0.2, 0.25) is 0 Å². The summed E-state index contributed by atoms with van der Waals surface area (Å²) in [4.78, 5) is 39.1. The van der Waals surface area contributed by atoms with Gasteiger partial charge >= 0.3 is 5.97 Å². The maximum Gasteiger partial charge on any atom is 0.308 e. The number of hydrogen-bond donors (Lipinski definition) is 1. The zero-order valence-electron chi connectivity index (χ0n) is 20.7. The number of carbonyl (C=O) groups is 3. The number of aliphatic hydroxyl groups excluding tert-OH is 1. The minimum Gasteiger partial charge on any atom is -0.507 e. The summed E-state index contributed by atoms with van der Waals surface area (Å²) in [5.74, 6) is -1.30. The second-order valence-electron chi connectivity index (χ2n) is 8.65. The van der Waals surface area contributed by atoms with E-state index >= 15 is 0 Å². The number of esters is 1. The van der Waals surface area contributed by atoms with Gasteiger partial charge in [-0.15, -0.1) is 0 Å². The molecule has 1 aliphatic heterocycles. The van der Waals surface area contributed by atoms with Crippen molar-refractivity contribution in [1.82, 2.24) is 4.90 Å². The largest absolute Gasteiger partial charge is 0.507 e. The van der Waals surface area contributed by atoms with E-state index in [9.17, 15) is 19.5 Å². The van der Waals surface area contributed by atoms with Gasteiger partial charge in [-0.3, -0.25) is 14.4 Å². The van der Waals surface area contributed by atoms with Crippen LogP contribution in [-0.2, 0) is 19.1 Å². The highest BCUT2D eigenvalue weighted by atomic mass is 16.5. The second-order valence-corrected chi connectivity index (χ2v) is 8.65. The highest BCUT2D eigenvalue weighted by molar-refractivity contribution is 6.46. The Kier molecular flexibility index (Phi) is 8.30. The molecule has 0 aromatic heterocycles. The highest BCUT2D eigenvalue weighted by Crippen LogP contribution is 2.40. The van der Waals surface area contributed by atoms with Crippen molar-refractivity contribution in [2.75, 3.05) is 20.3 Å². The molecule has 1 N–H and O–H groups in total. The van der Waals surface area contributed by atoms with Crippen molar-refractivity contribution in [1.29, 1.82) is 0 Å². The molecule has 2 aromatic rings. The molecule has 1 saturated heterocycles. The molecule has 186 valence electrons. The van der Waals surface area contributed by atoms with Crippen molar-refractivity contribution in [3.63, 3.8) is 0 Å². The lowest BCUT2D eigenvalue weighted by atomic mass is 9.94. The van der Waals surface area contributed by atoms with Crippen molar-refractivity contribution >= 4 is 23.4 Å². The number of nitrogens with zero attached hydrogens (tertiary/aromatic N) is 1. The average molecular weight is 482 g/mol. The van der Waals surface area contributed by atoms with Crippen LogP contribution in [0.15, 0.2) is 48.0 Å². The van der Waals surface area contributed by atoms with Gasteiger partial charge < -0.3 is 24.2 Å². The molecule has 0 radical (unpaired) electrons. The molecular weight excluding hydrogens is 450 g/mol. The molecule has 0 aliphatic carbocycles. The zero-order valence-corrected chi connectivity index (χ0v) is 20.7. The fourth-order valence-electron chi connectivity index (χ4n) is 4.09. The van der Waals surface area contributed by atoms with Crippen molar-refractivity contribution in [2.24, 2.45) is 0 Å². The third-order valence-electron chi connectivity index (χ3n) is 5.53. The molecule has 1 unspecified atom stereocenters. The third kappa shape index (κ3) is 5.89. The van der Waals surface area contributed by atoms with E-state index in [4.69, 9.17) is 14.2 Å². The van der Waals surface area contributed by atoms with E-state index in [-0.39, 0.29) is 29.7 Å². The summed E-state index contributed by atoms with van der Waals surface area (Å²) in [7, 11) is 1.56. The molecular formula is C27H31NO7. The van der Waals surface area contributed by atoms with Crippen LogP contribution in [0.4, 0.5) is 0 Å². The van der Waals surface area contributed by atoms with E-state index < -0.39 is 23.7 Å². The number of ketones is 1. The normalized spacial score (nSPS) is 17.2. The first-order chi connectivity index (χ1) is 16.6. The molecule has 1 amide bonds. The van der Waals surface area contributed by atoms with E-state index in [1.807, 2.05) is 20.8 Å². The Bertz CT molecular complexity index is 1150. The Morgan fingerprint density at radius 3 is 2.51 bits per heavy atom. The van der Waals surface area contributed by atoms with Crippen LogP contribution in [0.25, 0.3) is 5.76 Å². The first-order valence-corrected chi connectivity index (χ1v) is 11.5. The maximum absolute atomic E-state index is 13.2. The molecule has 0 saturated carbocycles. The smallest absolute Gasteiger partial charge is 0.308 e. The van der Waals surface area contributed by atoms with Crippen molar-refractivity contribution in [3.05, 3.63) is 64.7 Å². The van der Waals surface area contributed by atoms with Crippen molar-refractivity contribution in [3.8, 4) is 11.5 Å². The molecule has 0 bridgehead atoms. The lowest BCUT2D eigenvalue weighted by Gasteiger charge is -2.25. The van der Waals surface area contributed by atoms with Gasteiger partial charge in [-0.1, -0.05) is 12.1 Å². The molecule has 0 spiro atoms. The van der Waals surface area contributed by atoms with Crippen LogP contribution in [0.5, 0.6) is 11.5 Å². The van der Waals surface area contributed by atoms with Crippen molar-refractivity contribution < 1.29 is 33.7 Å². The average Bonchev–Trinajstić information content (AvgIpc) is 3.04.